The lowest BCUT2D eigenvalue weighted by Gasteiger charge is -2.36. The van der Waals surface area contributed by atoms with Gasteiger partial charge in [0.2, 0.25) is 0 Å². The van der Waals surface area contributed by atoms with E-state index in [4.69, 9.17) is 5.11 Å². The molecule has 1 fully saturated rings. The van der Waals surface area contributed by atoms with Crippen LogP contribution in [0.4, 0.5) is 9.18 Å². The summed E-state index contributed by atoms with van der Waals surface area (Å²) in [6.07, 6.45) is 0.411. The number of halogens is 1. The van der Waals surface area contributed by atoms with Crippen molar-refractivity contribution in [1.82, 2.24) is 10.2 Å². The number of benzene rings is 1. The number of hydrogen-bond acceptors (Lipinski definition) is 2. The lowest BCUT2D eigenvalue weighted by Crippen LogP contribution is -2.56. The van der Waals surface area contributed by atoms with E-state index in [1.807, 2.05) is 0 Å². The standard InChI is InChI=1S/C13H15FN2O3/c14-11-4-2-1-3-9(11)5-6-15-13(19)16-7-10(8-16)12(17)18/h1-4,10H,5-8H2,(H,15,19)(H,17,18). The summed E-state index contributed by atoms with van der Waals surface area (Å²) in [5, 5.41) is 11.3. The summed E-state index contributed by atoms with van der Waals surface area (Å²) in [7, 11) is 0. The Morgan fingerprint density at radius 2 is 2.05 bits per heavy atom. The van der Waals surface area contributed by atoms with Crippen LogP contribution in [-0.4, -0.2) is 41.6 Å². The summed E-state index contributed by atoms with van der Waals surface area (Å²) in [5.41, 5.74) is 0.551. The molecule has 102 valence electrons. The predicted octanol–water partition coefficient (Wildman–Crippen LogP) is 1.09. The Labute approximate surface area is 110 Å². The molecule has 1 heterocycles. The summed E-state index contributed by atoms with van der Waals surface area (Å²) in [6.45, 7) is 0.801. The molecule has 0 spiro atoms. The van der Waals surface area contributed by atoms with Crippen LogP contribution in [0, 0.1) is 11.7 Å². The Bertz CT molecular complexity index is 487. The van der Waals surface area contributed by atoms with E-state index in [1.54, 1.807) is 18.2 Å². The van der Waals surface area contributed by atoms with Crippen molar-refractivity contribution in [3.05, 3.63) is 35.6 Å². The van der Waals surface area contributed by atoms with Crippen molar-refractivity contribution in [2.24, 2.45) is 5.92 Å². The molecule has 1 aromatic carbocycles. The summed E-state index contributed by atoms with van der Waals surface area (Å²) in [5.74, 6) is -1.63. The van der Waals surface area contributed by atoms with Crippen LogP contribution in [0.25, 0.3) is 0 Å². The molecule has 0 aliphatic carbocycles. The summed E-state index contributed by atoms with van der Waals surface area (Å²) >= 11 is 0. The Kier molecular flexibility index (Phi) is 3.99. The van der Waals surface area contributed by atoms with E-state index in [2.05, 4.69) is 5.32 Å². The van der Waals surface area contributed by atoms with Gasteiger partial charge in [-0.05, 0) is 18.1 Å². The van der Waals surface area contributed by atoms with Crippen LogP contribution in [0.1, 0.15) is 5.56 Å². The molecule has 19 heavy (non-hydrogen) atoms. The fourth-order valence-corrected chi connectivity index (χ4v) is 1.92. The van der Waals surface area contributed by atoms with Gasteiger partial charge in [-0.25, -0.2) is 9.18 Å². The van der Waals surface area contributed by atoms with Crippen LogP contribution in [0.15, 0.2) is 24.3 Å². The van der Waals surface area contributed by atoms with Crippen molar-refractivity contribution >= 4 is 12.0 Å². The van der Waals surface area contributed by atoms with Crippen LogP contribution >= 0.6 is 0 Å². The first-order valence-electron chi connectivity index (χ1n) is 6.07. The maximum absolute atomic E-state index is 13.3. The van der Waals surface area contributed by atoms with Gasteiger partial charge < -0.3 is 15.3 Å². The predicted molar refractivity (Wildman–Crippen MR) is 66.2 cm³/mol. The number of carboxylic acid groups (broad SMARTS) is 1. The van der Waals surface area contributed by atoms with Crippen molar-refractivity contribution in [1.29, 1.82) is 0 Å². The second-order valence-corrected chi connectivity index (χ2v) is 4.51. The third kappa shape index (κ3) is 3.21. The minimum atomic E-state index is -0.879. The van der Waals surface area contributed by atoms with E-state index in [0.717, 1.165) is 0 Å². The zero-order chi connectivity index (χ0) is 13.8. The highest BCUT2D eigenvalue weighted by Crippen LogP contribution is 2.15. The highest BCUT2D eigenvalue weighted by atomic mass is 19.1. The molecule has 2 N–H and O–H groups in total. The lowest BCUT2D eigenvalue weighted by atomic mass is 10.0. The normalized spacial score (nSPS) is 14.9. The maximum Gasteiger partial charge on any atom is 0.317 e. The SMILES string of the molecule is O=C(O)C1CN(C(=O)NCCc2ccccc2F)C1. The minimum absolute atomic E-state index is 0.237. The van der Waals surface area contributed by atoms with Gasteiger partial charge in [0.1, 0.15) is 5.82 Å². The zero-order valence-electron chi connectivity index (χ0n) is 10.3. The number of hydrogen-bond donors (Lipinski definition) is 2. The Balaban J connectivity index is 1.71. The molecule has 1 saturated heterocycles. The molecule has 0 saturated carbocycles. The molecule has 1 aliphatic heterocycles. The largest absolute Gasteiger partial charge is 0.481 e. The molecule has 0 aromatic heterocycles. The molecule has 1 aromatic rings. The van der Waals surface area contributed by atoms with E-state index in [1.165, 1.54) is 11.0 Å². The fourth-order valence-electron chi connectivity index (χ4n) is 1.92. The van der Waals surface area contributed by atoms with Crippen LogP contribution in [0.5, 0.6) is 0 Å². The fraction of sp³-hybridized carbons (Fsp3) is 0.385. The molecule has 6 heteroatoms. The monoisotopic (exact) mass is 266 g/mol. The molecule has 0 radical (unpaired) electrons. The summed E-state index contributed by atoms with van der Waals surface area (Å²) in [4.78, 5) is 23.6. The molecule has 2 rings (SSSR count). The van der Waals surface area contributed by atoms with E-state index in [0.29, 0.717) is 18.5 Å². The minimum Gasteiger partial charge on any atom is -0.481 e. The number of nitrogens with one attached hydrogen (secondary N) is 1. The molecule has 0 atom stereocenters. The van der Waals surface area contributed by atoms with Gasteiger partial charge in [0.05, 0.1) is 5.92 Å². The number of nitrogens with zero attached hydrogens (tertiary/aromatic N) is 1. The number of carbonyl (C=O) groups is 2. The van der Waals surface area contributed by atoms with E-state index in [-0.39, 0.29) is 24.9 Å². The van der Waals surface area contributed by atoms with Crippen molar-refractivity contribution in [3.63, 3.8) is 0 Å². The van der Waals surface area contributed by atoms with Crippen molar-refractivity contribution in [2.75, 3.05) is 19.6 Å². The Hall–Kier alpha value is -2.11. The van der Waals surface area contributed by atoms with E-state index in [9.17, 15) is 14.0 Å². The quantitative estimate of drug-likeness (QED) is 0.857. The van der Waals surface area contributed by atoms with E-state index >= 15 is 0 Å². The van der Waals surface area contributed by atoms with Crippen molar-refractivity contribution < 1.29 is 19.1 Å². The molecular weight excluding hydrogens is 251 g/mol. The molecule has 2 amide bonds. The molecule has 5 nitrogen and oxygen atoms in total. The molecule has 0 unspecified atom stereocenters. The van der Waals surface area contributed by atoms with Gasteiger partial charge in [-0.1, -0.05) is 18.2 Å². The topological polar surface area (TPSA) is 69.6 Å². The highest BCUT2D eigenvalue weighted by Gasteiger charge is 2.35. The maximum atomic E-state index is 13.3. The first-order chi connectivity index (χ1) is 9.08. The van der Waals surface area contributed by atoms with Gasteiger partial charge in [0.25, 0.3) is 0 Å². The smallest absolute Gasteiger partial charge is 0.317 e. The van der Waals surface area contributed by atoms with Gasteiger partial charge in [-0.2, -0.15) is 0 Å². The van der Waals surface area contributed by atoms with E-state index < -0.39 is 11.9 Å². The number of likely N-dealkylation sites (tertiary alicyclic amines) is 1. The molecule has 1 aliphatic rings. The van der Waals surface area contributed by atoms with Crippen LogP contribution in [-0.2, 0) is 11.2 Å². The summed E-state index contributed by atoms with van der Waals surface area (Å²) < 4.78 is 13.3. The third-order valence-corrected chi connectivity index (χ3v) is 3.15. The van der Waals surface area contributed by atoms with Crippen LogP contribution in [0.2, 0.25) is 0 Å². The number of urea groups is 1. The summed E-state index contributed by atoms with van der Waals surface area (Å²) in [6, 6.07) is 6.11. The zero-order valence-corrected chi connectivity index (χ0v) is 10.3. The Morgan fingerprint density at radius 3 is 2.68 bits per heavy atom. The average Bonchev–Trinajstić information content (AvgIpc) is 2.29. The second kappa shape index (κ2) is 5.69. The first kappa shape index (κ1) is 13.3. The molecule has 0 bridgehead atoms. The Morgan fingerprint density at radius 1 is 1.37 bits per heavy atom. The van der Waals surface area contributed by atoms with Gasteiger partial charge in [0, 0.05) is 19.6 Å². The number of carbonyl (C=O) groups excluding carboxylic acids is 1. The average molecular weight is 266 g/mol. The van der Waals surface area contributed by atoms with Crippen molar-refractivity contribution in [3.8, 4) is 0 Å². The van der Waals surface area contributed by atoms with Gasteiger partial charge in [-0.15, -0.1) is 0 Å². The van der Waals surface area contributed by atoms with Crippen LogP contribution < -0.4 is 5.32 Å². The van der Waals surface area contributed by atoms with Gasteiger partial charge >= 0.3 is 12.0 Å². The second-order valence-electron chi connectivity index (χ2n) is 4.51. The number of amides is 2. The van der Waals surface area contributed by atoms with Crippen molar-refractivity contribution in [2.45, 2.75) is 6.42 Å². The van der Waals surface area contributed by atoms with Gasteiger partial charge in [0.15, 0.2) is 0 Å². The number of carboxylic acids is 1. The first-order valence-corrected chi connectivity index (χ1v) is 6.07. The highest BCUT2D eigenvalue weighted by molar-refractivity contribution is 5.79. The lowest BCUT2D eigenvalue weighted by molar-refractivity contribution is -0.146. The van der Waals surface area contributed by atoms with Crippen LogP contribution in [0.3, 0.4) is 0 Å². The third-order valence-electron chi connectivity index (χ3n) is 3.15. The number of rotatable bonds is 4. The number of aliphatic carboxylic acids is 1. The van der Waals surface area contributed by atoms with Gasteiger partial charge in [-0.3, -0.25) is 4.79 Å². The molecular formula is C13H15FN2O3.